The van der Waals surface area contributed by atoms with Crippen LogP contribution in [0.5, 0.6) is 5.75 Å². The van der Waals surface area contributed by atoms with E-state index in [-0.39, 0.29) is 17.7 Å². The SMILES string of the molecule is COc1c(-c2cnc(COC3CCCCC3)nc2)ccc2nc(NC(=O)C3CC(N4CCN(C(C)=O)CC4C)C3)sc12. The van der Waals surface area contributed by atoms with Gasteiger partial charge in [0.05, 0.1) is 23.4 Å². The zero-order valence-electron chi connectivity index (χ0n) is 24.7. The first-order valence-electron chi connectivity index (χ1n) is 15.1. The molecule has 3 fully saturated rings. The molecule has 10 nitrogen and oxygen atoms in total. The summed E-state index contributed by atoms with van der Waals surface area (Å²) < 4.78 is 12.7. The minimum Gasteiger partial charge on any atom is -0.495 e. The molecule has 1 saturated heterocycles. The van der Waals surface area contributed by atoms with E-state index in [4.69, 9.17) is 9.47 Å². The maximum Gasteiger partial charge on any atom is 0.229 e. The number of nitrogens with zero attached hydrogens (tertiary/aromatic N) is 5. The Morgan fingerprint density at radius 2 is 1.86 bits per heavy atom. The molecule has 2 aliphatic carbocycles. The van der Waals surface area contributed by atoms with Crippen molar-refractivity contribution in [2.45, 2.75) is 83.6 Å². The Bertz CT molecular complexity index is 1420. The number of fused-ring (bicyclic) bond motifs is 1. The van der Waals surface area contributed by atoms with E-state index in [2.05, 4.69) is 32.1 Å². The Hall–Kier alpha value is -3.15. The average molecular weight is 593 g/mol. The van der Waals surface area contributed by atoms with Gasteiger partial charge < -0.3 is 19.7 Å². The van der Waals surface area contributed by atoms with Crippen molar-refractivity contribution in [1.82, 2.24) is 24.8 Å². The highest BCUT2D eigenvalue weighted by Gasteiger charge is 2.41. The van der Waals surface area contributed by atoms with Crippen molar-refractivity contribution in [3.05, 3.63) is 30.4 Å². The molecule has 0 bridgehead atoms. The van der Waals surface area contributed by atoms with Crippen molar-refractivity contribution < 1.29 is 19.1 Å². The third-order valence-electron chi connectivity index (χ3n) is 9.04. The number of benzene rings is 1. The second-order valence-corrected chi connectivity index (χ2v) is 12.8. The maximum absolute atomic E-state index is 13.1. The molecule has 1 aliphatic heterocycles. The van der Waals surface area contributed by atoms with Crippen molar-refractivity contribution >= 4 is 38.5 Å². The van der Waals surface area contributed by atoms with Crippen LogP contribution in [0.2, 0.25) is 0 Å². The number of rotatable bonds is 8. The van der Waals surface area contributed by atoms with Gasteiger partial charge in [-0.2, -0.15) is 0 Å². The molecule has 3 heterocycles. The monoisotopic (exact) mass is 592 g/mol. The number of hydrogen-bond acceptors (Lipinski definition) is 9. The maximum atomic E-state index is 13.1. The molecule has 6 rings (SSSR count). The van der Waals surface area contributed by atoms with E-state index in [1.807, 2.05) is 29.4 Å². The van der Waals surface area contributed by atoms with E-state index in [0.717, 1.165) is 66.7 Å². The predicted octanol–water partition coefficient (Wildman–Crippen LogP) is 4.88. The van der Waals surface area contributed by atoms with Gasteiger partial charge in [-0.25, -0.2) is 15.0 Å². The molecule has 2 amide bonds. The van der Waals surface area contributed by atoms with Crippen molar-refractivity contribution in [3.8, 4) is 16.9 Å². The molecule has 0 spiro atoms. The van der Waals surface area contributed by atoms with Gasteiger partial charge in [-0.15, -0.1) is 0 Å². The lowest BCUT2D eigenvalue weighted by Crippen LogP contribution is -2.59. The fraction of sp³-hybridized carbons (Fsp3) is 0.581. The van der Waals surface area contributed by atoms with Crippen LogP contribution in [0.3, 0.4) is 0 Å². The van der Waals surface area contributed by atoms with Crippen LogP contribution < -0.4 is 10.1 Å². The van der Waals surface area contributed by atoms with Crippen LogP contribution >= 0.6 is 11.3 Å². The number of methoxy groups -OCH3 is 1. The Morgan fingerprint density at radius 1 is 1.10 bits per heavy atom. The van der Waals surface area contributed by atoms with Crippen molar-refractivity contribution in [1.29, 1.82) is 0 Å². The molecule has 2 saturated carbocycles. The zero-order valence-corrected chi connectivity index (χ0v) is 25.5. The van der Waals surface area contributed by atoms with Crippen molar-refractivity contribution in [3.63, 3.8) is 0 Å². The summed E-state index contributed by atoms with van der Waals surface area (Å²) in [6.45, 7) is 6.60. The molecule has 11 heteroatoms. The number of hydrogen-bond donors (Lipinski definition) is 1. The van der Waals surface area contributed by atoms with Crippen LogP contribution in [0.25, 0.3) is 21.3 Å². The van der Waals surface area contributed by atoms with Gasteiger partial charge in [-0.1, -0.05) is 30.6 Å². The van der Waals surface area contributed by atoms with Crippen LogP contribution in [0, 0.1) is 5.92 Å². The molecule has 1 unspecified atom stereocenters. The molecule has 3 aliphatic rings. The van der Waals surface area contributed by atoms with E-state index in [9.17, 15) is 9.59 Å². The highest BCUT2D eigenvalue weighted by Crippen LogP contribution is 2.41. The summed E-state index contributed by atoms with van der Waals surface area (Å²) in [7, 11) is 1.65. The van der Waals surface area contributed by atoms with E-state index >= 15 is 0 Å². The summed E-state index contributed by atoms with van der Waals surface area (Å²) in [5.74, 6) is 1.49. The number of thiazole rings is 1. The number of piperazine rings is 1. The van der Waals surface area contributed by atoms with Crippen LogP contribution in [0.4, 0.5) is 5.13 Å². The van der Waals surface area contributed by atoms with Gasteiger partial charge in [-0.05, 0) is 44.7 Å². The predicted molar refractivity (Wildman–Crippen MR) is 162 cm³/mol. The van der Waals surface area contributed by atoms with Gasteiger partial charge in [0.1, 0.15) is 12.4 Å². The molecule has 0 radical (unpaired) electrons. The fourth-order valence-electron chi connectivity index (χ4n) is 6.52. The van der Waals surface area contributed by atoms with Gasteiger partial charge in [0.2, 0.25) is 11.8 Å². The van der Waals surface area contributed by atoms with Crippen LogP contribution in [0.1, 0.15) is 64.6 Å². The van der Waals surface area contributed by atoms with Crippen molar-refractivity contribution in [2.75, 3.05) is 32.1 Å². The lowest BCUT2D eigenvalue weighted by atomic mass is 9.78. The van der Waals surface area contributed by atoms with E-state index in [1.54, 1.807) is 14.0 Å². The van der Waals surface area contributed by atoms with Crippen molar-refractivity contribution in [2.24, 2.45) is 5.92 Å². The largest absolute Gasteiger partial charge is 0.495 e. The summed E-state index contributed by atoms with van der Waals surface area (Å²) in [5.41, 5.74) is 2.51. The lowest BCUT2D eigenvalue weighted by Gasteiger charge is -2.49. The highest BCUT2D eigenvalue weighted by molar-refractivity contribution is 7.22. The van der Waals surface area contributed by atoms with Crippen LogP contribution in [0.15, 0.2) is 24.5 Å². The highest BCUT2D eigenvalue weighted by atomic mass is 32.1. The van der Waals surface area contributed by atoms with Gasteiger partial charge in [0, 0.05) is 68.1 Å². The quantitative estimate of drug-likeness (QED) is 0.394. The number of ether oxygens (including phenoxy) is 2. The molecule has 1 N–H and O–H groups in total. The molecule has 1 atom stereocenters. The second kappa shape index (κ2) is 12.6. The van der Waals surface area contributed by atoms with Gasteiger partial charge in [-0.3, -0.25) is 14.5 Å². The summed E-state index contributed by atoms with van der Waals surface area (Å²) in [4.78, 5) is 42.9. The van der Waals surface area contributed by atoms with E-state index in [0.29, 0.717) is 41.5 Å². The molecule has 3 aromatic rings. The third kappa shape index (κ3) is 6.14. The van der Waals surface area contributed by atoms with E-state index in [1.165, 1.54) is 30.6 Å². The summed E-state index contributed by atoms with van der Waals surface area (Å²) in [5, 5.41) is 3.62. The number of nitrogens with one attached hydrogen (secondary N) is 1. The van der Waals surface area contributed by atoms with Crippen LogP contribution in [-0.4, -0.2) is 81.5 Å². The first kappa shape index (κ1) is 28.9. The summed E-state index contributed by atoms with van der Waals surface area (Å²) in [6.07, 6.45) is 11.6. The first-order chi connectivity index (χ1) is 20.4. The first-order valence-corrected chi connectivity index (χ1v) is 15.9. The molecule has 2 aromatic heterocycles. The van der Waals surface area contributed by atoms with E-state index < -0.39 is 0 Å². The second-order valence-electron chi connectivity index (χ2n) is 11.8. The Morgan fingerprint density at radius 3 is 2.55 bits per heavy atom. The normalized spacial score (nSPS) is 23.5. The molecule has 42 heavy (non-hydrogen) atoms. The molecular weight excluding hydrogens is 552 g/mol. The lowest BCUT2D eigenvalue weighted by molar-refractivity contribution is -0.133. The van der Waals surface area contributed by atoms with Gasteiger partial charge in [0.25, 0.3) is 0 Å². The van der Waals surface area contributed by atoms with Gasteiger partial charge >= 0.3 is 0 Å². The zero-order chi connectivity index (χ0) is 29.2. The Kier molecular flexibility index (Phi) is 8.69. The standard InChI is InChI=1S/C31H40N6O4S/c1-19-17-36(20(2)38)11-12-37(19)23-13-21(14-23)30(39)35-31-34-26-10-9-25(28(40-3)29(26)42-31)22-15-32-27(33-16-22)18-41-24-7-5-4-6-8-24/h9-10,15-16,19,21,23-24H,4-8,11-14,17-18H2,1-3H3,(H,34,35,39). The number of aromatic nitrogens is 3. The smallest absolute Gasteiger partial charge is 0.229 e. The topological polar surface area (TPSA) is 110 Å². The number of anilines is 1. The Labute approximate surface area is 250 Å². The summed E-state index contributed by atoms with van der Waals surface area (Å²) >= 11 is 1.42. The Balaban J connectivity index is 1.07. The molecular formula is C31H40N6O4S. The van der Waals surface area contributed by atoms with Crippen LogP contribution in [-0.2, 0) is 20.9 Å². The number of amides is 2. The fourth-order valence-corrected chi connectivity index (χ4v) is 7.52. The third-order valence-corrected chi connectivity index (χ3v) is 10.0. The minimum absolute atomic E-state index is 0.0129. The summed E-state index contributed by atoms with van der Waals surface area (Å²) in [6, 6.07) is 4.60. The molecule has 1 aromatic carbocycles. The average Bonchev–Trinajstić information content (AvgIpc) is 3.38. The number of carbonyl (C=O) groups excluding carboxylic acids is 2. The molecule has 224 valence electrons. The van der Waals surface area contributed by atoms with Gasteiger partial charge in [0.15, 0.2) is 11.0 Å². The number of carbonyl (C=O) groups is 2. The minimum atomic E-state index is -0.0322.